The number of hydrogen-bond donors (Lipinski definition) is 2. The number of rotatable bonds is 6. The van der Waals surface area contributed by atoms with E-state index in [0.717, 1.165) is 45.0 Å². The van der Waals surface area contributed by atoms with Crippen LogP contribution in [0.1, 0.15) is 59.2 Å². The predicted molar refractivity (Wildman–Crippen MR) is 105 cm³/mol. The Balaban J connectivity index is 1.89. The Hall–Kier alpha value is -1.89. The zero-order chi connectivity index (χ0) is 19.2. The van der Waals surface area contributed by atoms with Gasteiger partial charge in [-0.25, -0.2) is 4.99 Å². The first kappa shape index (κ1) is 20.4. The smallest absolute Gasteiger partial charge is 0.232 e. The summed E-state index contributed by atoms with van der Waals surface area (Å²) in [6.07, 6.45) is 2.21. The molecule has 7 nitrogen and oxygen atoms in total. The topological polar surface area (TPSA) is 78.6 Å². The first-order valence-electron chi connectivity index (χ1n) is 9.52. The molecule has 0 aliphatic carbocycles. The molecule has 2 heterocycles. The molecule has 0 saturated carbocycles. The molecule has 2 rings (SSSR count). The molecule has 26 heavy (non-hydrogen) atoms. The summed E-state index contributed by atoms with van der Waals surface area (Å²) in [5.41, 5.74) is 1.08. The monoisotopic (exact) mass is 362 g/mol. The van der Waals surface area contributed by atoms with E-state index >= 15 is 0 Å². The van der Waals surface area contributed by atoms with E-state index in [1.807, 2.05) is 0 Å². The molecule has 146 valence electrons. The first-order valence-corrected chi connectivity index (χ1v) is 9.52. The van der Waals surface area contributed by atoms with Crippen LogP contribution in [-0.2, 0) is 12.0 Å². The third kappa shape index (κ3) is 6.44. The van der Waals surface area contributed by atoms with Crippen molar-refractivity contribution in [2.24, 2.45) is 4.99 Å². The molecule has 0 radical (unpaired) electrons. The van der Waals surface area contributed by atoms with Gasteiger partial charge in [0.1, 0.15) is 6.54 Å². The molecule has 0 atom stereocenters. The summed E-state index contributed by atoms with van der Waals surface area (Å²) in [6, 6.07) is 0.435. The Morgan fingerprint density at radius 2 is 2.04 bits per heavy atom. The number of likely N-dealkylation sites (tertiary alicyclic amines) is 1. The van der Waals surface area contributed by atoms with Crippen molar-refractivity contribution >= 4 is 5.96 Å². The Morgan fingerprint density at radius 1 is 1.35 bits per heavy atom. The molecule has 1 aromatic rings. The summed E-state index contributed by atoms with van der Waals surface area (Å²) >= 11 is 0. The summed E-state index contributed by atoms with van der Waals surface area (Å²) in [6.45, 7) is 18.7. The number of piperidine rings is 1. The van der Waals surface area contributed by atoms with E-state index < -0.39 is 0 Å². The van der Waals surface area contributed by atoms with Gasteiger partial charge in [-0.3, -0.25) is 4.90 Å². The van der Waals surface area contributed by atoms with Crippen molar-refractivity contribution in [2.45, 2.75) is 65.5 Å². The van der Waals surface area contributed by atoms with Crippen LogP contribution < -0.4 is 10.6 Å². The summed E-state index contributed by atoms with van der Waals surface area (Å²) in [5.74, 6) is 2.07. The molecule has 1 fully saturated rings. The van der Waals surface area contributed by atoms with Crippen LogP contribution in [0.4, 0.5) is 0 Å². The van der Waals surface area contributed by atoms with Gasteiger partial charge >= 0.3 is 0 Å². The van der Waals surface area contributed by atoms with Crippen molar-refractivity contribution < 1.29 is 4.52 Å². The van der Waals surface area contributed by atoms with Crippen molar-refractivity contribution in [3.8, 4) is 0 Å². The average Bonchev–Trinajstić information content (AvgIpc) is 3.03. The molecule has 0 bridgehead atoms. The maximum absolute atomic E-state index is 5.33. The van der Waals surface area contributed by atoms with Crippen LogP contribution in [0.5, 0.6) is 0 Å². The molecule has 0 amide bonds. The van der Waals surface area contributed by atoms with E-state index in [1.165, 1.54) is 5.57 Å². The summed E-state index contributed by atoms with van der Waals surface area (Å²) in [7, 11) is 0. The number of aliphatic imine (C=N–C) groups is 1. The largest absolute Gasteiger partial charge is 0.357 e. The van der Waals surface area contributed by atoms with E-state index in [2.05, 4.69) is 71.9 Å². The molecule has 0 spiro atoms. The average molecular weight is 363 g/mol. The molecule has 2 N–H and O–H groups in total. The van der Waals surface area contributed by atoms with Gasteiger partial charge < -0.3 is 15.2 Å². The second kappa shape index (κ2) is 9.16. The van der Waals surface area contributed by atoms with E-state index in [9.17, 15) is 0 Å². The summed E-state index contributed by atoms with van der Waals surface area (Å²) < 4.78 is 5.33. The molecule has 0 aromatic carbocycles. The number of aromatic nitrogens is 2. The minimum Gasteiger partial charge on any atom is -0.357 e. The van der Waals surface area contributed by atoms with Gasteiger partial charge in [0.05, 0.1) is 0 Å². The molecule has 1 aliphatic rings. The fourth-order valence-corrected chi connectivity index (χ4v) is 2.90. The summed E-state index contributed by atoms with van der Waals surface area (Å²) in [5, 5.41) is 10.9. The van der Waals surface area contributed by atoms with Gasteiger partial charge in [-0.05, 0) is 26.7 Å². The van der Waals surface area contributed by atoms with Gasteiger partial charge in [0.2, 0.25) is 5.89 Å². The van der Waals surface area contributed by atoms with Crippen molar-refractivity contribution in [2.75, 3.05) is 26.2 Å². The minimum atomic E-state index is -0.143. The molecule has 1 aromatic heterocycles. The van der Waals surface area contributed by atoms with Gasteiger partial charge in [0, 0.05) is 37.6 Å². The van der Waals surface area contributed by atoms with E-state index in [0.29, 0.717) is 24.3 Å². The number of hydrogen-bond acceptors (Lipinski definition) is 5. The highest BCUT2D eigenvalue weighted by atomic mass is 16.5. The van der Waals surface area contributed by atoms with Crippen LogP contribution in [0.25, 0.3) is 0 Å². The number of nitrogens with zero attached hydrogens (tertiary/aromatic N) is 4. The van der Waals surface area contributed by atoms with Gasteiger partial charge in [-0.1, -0.05) is 38.1 Å². The molecule has 1 aliphatic heterocycles. The Kier molecular flexibility index (Phi) is 7.20. The van der Waals surface area contributed by atoms with E-state index in [-0.39, 0.29) is 5.41 Å². The fraction of sp³-hybridized carbons (Fsp3) is 0.737. The molecule has 7 heteroatoms. The highest BCUT2D eigenvalue weighted by Crippen LogP contribution is 2.19. The second-order valence-corrected chi connectivity index (χ2v) is 8.11. The first-order chi connectivity index (χ1) is 12.3. The second-order valence-electron chi connectivity index (χ2n) is 8.11. The zero-order valence-electron chi connectivity index (χ0n) is 16.9. The van der Waals surface area contributed by atoms with Gasteiger partial charge in [-0.15, -0.1) is 0 Å². The maximum Gasteiger partial charge on any atom is 0.232 e. The van der Waals surface area contributed by atoms with Crippen LogP contribution in [0.3, 0.4) is 0 Å². The number of guanidine groups is 1. The predicted octanol–water partition coefficient (Wildman–Crippen LogP) is 2.46. The molecular weight excluding hydrogens is 328 g/mol. The number of nitrogens with one attached hydrogen (secondary N) is 2. The van der Waals surface area contributed by atoms with E-state index in [4.69, 9.17) is 4.52 Å². The van der Waals surface area contributed by atoms with Crippen LogP contribution in [0.15, 0.2) is 21.7 Å². The van der Waals surface area contributed by atoms with Crippen molar-refractivity contribution in [3.63, 3.8) is 0 Å². The fourth-order valence-electron chi connectivity index (χ4n) is 2.90. The normalized spacial score (nSPS) is 17.3. The zero-order valence-corrected chi connectivity index (χ0v) is 16.9. The van der Waals surface area contributed by atoms with Crippen LogP contribution in [0.2, 0.25) is 0 Å². The molecular formula is C19H34N6O. The van der Waals surface area contributed by atoms with Crippen molar-refractivity contribution in [1.29, 1.82) is 0 Å². The van der Waals surface area contributed by atoms with Crippen molar-refractivity contribution in [1.82, 2.24) is 25.7 Å². The SMILES string of the molecule is C=C(C)CN1CCC(NC(=NCc2noc(C(C)(C)C)n2)NCC)CC1. The van der Waals surface area contributed by atoms with Crippen LogP contribution in [0, 0.1) is 0 Å². The summed E-state index contributed by atoms with van der Waals surface area (Å²) in [4.78, 5) is 11.5. The van der Waals surface area contributed by atoms with E-state index in [1.54, 1.807) is 0 Å². The van der Waals surface area contributed by atoms with Crippen LogP contribution in [-0.4, -0.2) is 53.2 Å². The van der Waals surface area contributed by atoms with Crippen LogP contribution >= 0.6 is 0 Å². The lowest BCUT2D eigenvalue weighted by atomic mass is 9.97. The highest BCUT2D eigenvalue weighted by Gasteiger charge is 2.22. The van der Waals surface area contributed by atoms with Gasteiger partial charge in [0.25, 0.3) is 0 Å². The van der Waals surface area contributed by atoms with Gasteiger partial charge in [-0.2, -0.15) is 4.98 Å². The third-order valence-electron chi connectivity index (χ3n) is 4.25. The lowest BCUT2D eigenvalue weighted by Crippen LogP contribution is -2.48. The Bertz CT molecular complexity index is 608. The highest BCUT2D eigenvalue weighted by molar-refractivity contribution is 5.80. The Morgan fingerprint density at radius 3 is 2.58 bits per heavy atom. The third-order valence-corrected chi connectivity index (χ3v) is 4.25. The lowest BCUT2D eigenvalue weighted by molar-refractivity contribution is 0.221. The van der Waals surface area contributed by atoms with Crippen molar-refractivity contribution in [3.05, 3.63) is 23.9 Å². The lowest BCUT2D eigenvalue weighted by Gasteiger charge is -2.33. The standard InChI is InChI=1S/C19H34N6O/c1-7-20-18(21-12-16-23-17(26-24-16)19(4,5)6)22-15-8-10-25(11-9-15)13-14(2)3/h15H,2,7-13H2,1,3-6H3,(H2,20,21,22). The maximum atomic E-state index is 5.33. The minimum absolute atomic E-state index is 0.143. The Labute approximate surface area is 157 Å². The molecule has 1 saturated heterocycles. The quantitative estimate of drug-likeness (QED) is 0.460. The molecule has 0 unspecified atom stereocenters. The van der Waals surface area contributed by atoms with Gasteiger partial charge in [0.15, 0.2) is 11.8 Å².